The molecule has 1 aromatic carbocycles. The Hall–Kier alpha value is -2.11. The lowest BCUT2D eigenvalue weighted by Gasteiger charge is -2.20. The van der Waals surface area contributed by atoms with Crippen molar-refractivity contribution in [1.29, 1.82) is 0 Å². The number of benzene rings is 1. The Bertz CT molecular complexity index is 502. The Morgan fingerprint density at radius 3 is 2.75 bits per heavy atom. The van der Waals surface area contributed by atoms with Crippen molar-refractivity contribution in [1.82, 2.24) is 4.90 Å². The molecule has 1 amide bonds. The second kappa shape index (κ2) is 6.36. The lowest BCUT2D eigenvalue weighted by atomic mass is 10.3. The number of carbonyl (C=O) groups excluding carboxylic acids is 1. The number of carbonyl (C=O) groups is 2. The summed E-state index contributed by atoms with van der Waals surface area (Å²) in [5.74, 6) is -1.25. The van der Waals surface area contributed by atoms with Crippen molar-refractivity contribution in [3.8, 4) is 5.75 Å². The van der Waals surface area contributed by atoms with Crippen LogP contribution in [0.4, 0.5) is 4.39 Å². The third kappa shape index (κ3) is 4.53. The molecule has 2 rings (SSSR count). The maximum atomic E-state index is 12.9. The summed E-state index contributed by atoms with van der Waals surface area (Å²) in [5.41, 5.74) is 0. The number of aliphatic carboxylic acids is 1. The molecule has 1 aromatic rings. The van der Waals surface area contributed by atoms with Crippen LogP contribution < -0.4 is 4.74 Å². The number of hydrogen-bond donors (Lipinski definition) is 1. The monoisotopic (exact) mass is 281 g/mol. The van der Waals surface area contributed by atoms with E-state index in [-0.39, 0.29) is 18.9 Å². The first-order chi connectivity index (χ1) is 9.54. The number of carboxylic acid groups (broad SMARTS) is 1. The summed E-state index contributed by atoms with van der Waals surface area (Å²) in [7, 11) is 0. The third-order valence-corrected chi connectivity index (χ3v) is 3.01. The van der Waals surface area contributed by atoms with E-state index in [1.807, 2.05) is 0 Å². The molecule has 0 unspecified atom stereocenters. The number of hydrogen-bond acceptors (Lipinski definition) is 3. The number of amides is 1. The van der Waals surface area contributed by atoms with Gasteiger partial charge in [0.15, 0.2) is 6.61 Å². The lowest BCUT2D eigenvalue weighted by molar-refractivity contribution is -0.145. The first-order valence-corrected chi connectivity index (χ1v) is 6.42. The zero-order chi connectivity index (χ0) is 14.5. The fourth-order valence-electron chi connectivity index (χ4n) is 1.82. The Morgan fingerprint density at radius 1 is 1.40 bits per heavy atom. The van der Waals surface area contributed by atoms with Crippen molar-refractivity contribution in [2.45, 2.75) is 12.8 Å². The number of carboxylic acids is 1. The van der Waals surface area contributed by atoms with Crippen LogP contribution in [-0.4, -0.2) is 41.6 Å². The zero-order valence-electron chi connectivity index (χ0n) is 10.9. The van der Waals surface area contributed by atoms with Crippen molar-refractivity contribution in [2.75, 3.05) is 19.7 Å². The van der Waals surface area contributed by atoms with Gasteiger partial charge in [-0.1, -0.05) is 6.07 Å². The summed E-state index contributed by atoms with van der Waals surface area (Å²) in [6.07, 6.45) is 2.04. The lowest BCUT2D eigenvalue weighted by Crippen LogP contribution is -2.40. The minimum atomic E-state index is -1.05. The minimum absolute atomic E-state index is 0.250. The highest BCUT2D eigenvalue weighted by atomic mass is 19.1. The summed E-state index contributed by atoms with van der Waals surface area (Å²) in [6, 6.07) is 5.47. The molecule has 0 aromatic heterocycles. The quantitative estimate of drug-likeness (QED) is 0.823. The standard InChI is InChI=1S/C14H16FNO4/c15-11-2-1-3-12(6-11)20-9-13(17)16(8-14(18)19)7-10-4-5-10/h1-3,6,10H,4-5,7-9H2,(H,18,19). The highest BCUT2D eigenvalue weighted by Gasteiger charge is 2.28. The first-order valence-electron chi connectivity index (χ1n) is 6.42. The molecule has 1 fully saturated rings. The Labute approximate surface area is 116 Å². The predicted molar refractivity (Wildman–Crippen MR) is 68.8 cm³/mol. The molecule has 0 aliphatic heterocycles. The van der Waals surface area contributed by atoms with Gasteiger partial charge >= 0.3 is 5.97 Å². The molecule has 1 saturated carbocycles. The summed E-state index contributed by atoms with van der Waals surface area (Å²) < 4.78 is 18.1. The van der Waals surface area contributed by atoms with E-state index in [1.165, 1.54) is 23.1 Å². The Morgan fingerprint density at radius 2 is 2.15 bits per heavy atom. The molecule has 5 nitrogen and oxygen atoms in total. The molecule has 0 bridgehead atoms. The molecular formula is C14H16FNO4. The van der Waals surface area contributed by atoms with Crippen LogP contribution in [0.25, 0.3) is 0 Å². The number of halogens is 1. The molecule has 0 spiro atoms. The average molecular weight is 281 g/mol. The van der Waals surface area contributed by atoms with Crippen molar-refractivity contribution >= 4 is 11.9 Å². The summed E-state index contributed by atoms with van der Waals surface area (Å²) in [5, 5.41) is 8.80. The maximum Gasteiger partial charge on any atom is 0.323 e. The SMILES string of the molecule is O=C(O)CN(CC1CC1)C(=O)COc1cccc(F)c1. The van der Waals surface area contributed by atoms with Gasteiger partial charge in [-0.15, -0.1) is 0 Å². The van der Waals surface area contributed by atoms with Crippen molar-refractivity contribution in [2.24, 2.45) is 5.92 Å². The van der Waals surface area contributed by atoms with E-state index in [9.17, 15) is 14.0 Å². The van der Waals surface area contributed by atoms with Crippen LogP contribution >= 0.6 is 0 Å². The number of ether oxygens (including phenoxy) is 1. The van der Waals surface area contributed by atoms with Crippen LogP contribution in [0.15, 0.2) is 24.3 Å². The summed E-state index contributed by atoms with van der Waals surface area (Å²) >= 11 is 0. The van der Waals surface area contributed by atoms with E-state index in [0.29, 0.717) is 12.5 Å². The number of nitrogens with zero attached hydrogens (tertiary/aromatic N) is 1. The van der Waals surface area contributed by atoms with Crippen LogP contribution in [-0.2, 0) is 9.59 Å². The number of rotatable bonds is 7. The van der Waals surface area contributed by atoms with E-state index in [2.05, 4.69) is 0 Å². The van der Waals surface area contributed by atoms with Crippen LogP contribution in [0.5, 0.6) is 5.75 Å². The fraction of sp³-hybridized carbons (Fsp3) is 0.429. The molecule has 0 heterocycles. The van der Waals surface area contributed by atoms with Gasteiger partial charge < -0.3 is 14.7 Å². The van der Waals surface area contributed by atoms with Gasteiger partial charge in [0.1, 0.15) is 18.1 Å². The van der Waals surface area contributed by atoms with Crippen molar-refractivity contribution in [3.63, 3.8) is 0 Å². The normalized spacial score (nSPS) is 13.8. The summed E-state index contributed by atoms with van der Waals surface area (Å²) in [6.45, 7) is -0.178. The first kappa shape index (κ1) is 14.3. The molecule has 6 heteroatoms. The topological polar surface area (TPSA) is 66.8 Å². The van der Waals surface area contributed by atoms with Crippen molar-refractivity contribution < 1.29 is 23.8 Å². The van der Waals surface area contributed by atoms with Crippen molar-refractivity contribution in [3.05, 3.63) is 30.1 Å². The average Bonchev–Trinajstić information content (AvgIpc) is 3.19. The van der Waals surface area contributed by atoms with Gasteiger partial charge in [-0.3, -0.25) is 9.59 Å². The summed E-state index contributed by atoms with van der Waals surface area (Å²) in [4.78, 5) is 24.0. The molecule has 1 aliphatic rings. The second-order valence-electron chi connectivity index (χ2n) is 4.86. The van der Waals surface area contributed by atoms with E-state index in [4.69, 9.17) is 9.84 Å². The van der Waals surface area contributed by atoms with Gasteiger partial charge in [-0.05, 0) is 30.9 Å². The molecule has 0 radical (unpaired) electrons. The zero-order valence-corrected chi connectivity index (χ0v) is 10.9. The Kier molecular flexibility index (Phi) is 4.55. The third-order valence-electron chi connectivity index (χ3n) is 3.01. The fourth-order valence-corrected chi connectivity index (χ4v) is 1.82. The van der Waals surface area contributed by atoms with E-state index in [1.54, 1.807) is 6.07 Å². The van der Waals surface area contributed by atoms with Crippen LogP contribution in [0.3, 0.4) is 0 Å². The van der Waals surface area contributed by atoms with Crippen LogP contribution in [0.1, 0.15) is 12.8 Å². The van der Waals surface area contributed by atoms with E-state index < -0.39 is 17.7 Å². The van der Waals surface area contributed by atoms with Gasteiger partial charge in [0.25, 0.3) is 5.91 Å². The highest BCUT2D eigenvalue weighted by Crippen LogP contribution is 2.29. The molecule has 0 atom stereocenters. The highest BCUT2D eigenvalue weighted by molar-refractivity contribution is 5.82. The van der Waals surface area contributed by atoms with Gasteiger partial charge in [0.2, 0.25) is 0 Å². The molecule has 0 saturated heterocycles. The predicted octanol–water partition coefficient (Wildman–Crippen LogP) is 1.53. The van der Waals surface area contributed by atoms with E-state index in [0.717, 1.165) is 12.8 Å². The second-order valence-corrected chi connectivity index (χ2v) is 4.86. The largest absolute Gasteiger partial charge is 0.484 e. The van der Waals surface area contributed by atoms with Gasteiger partial charge in [0.05, 0.1) is 0 Å². The van der Waals surface area contributed by atoms with Crippen LogP contribution in [0.2, 0.25) is 0 Å². The minimum Gasteiger partial charge on any atom is -0.484 e. The van der Waals surface area contributed by atoms with Gasteiger partial charge in [-0.25, -0.2) is 4.39 Å². The maximum absolute atomic E-state index is 12.9. The Balaban J connectivity index is 1.88. The molecule has 20 heavy (non-hydrogen) atoms. The molecule has 1 N–H and O–H groups in total. The smallest absolute Gasteiger partial charge is 0.323 e. The van der Waals surface area contributed by atoms with Gasteiger partial charge in [-0.2, -0.15) is 0 Å². The van der Waals surface area contributed by atoms with E-state index >= 15 is 0 Å². The van der Waals surface area contributed by atoms with Gasteiger partial charge in [0, 0.05) is 12.6 Å². The molecular weight excluding hydrogens is 265 g/mol. The molecule has 108 valence electrons. The van der Waals surface area contributed by atoms with Crippen LogP contribution in [0, 0.1) is 11.7 Å². The molecule has 1 aliphatic carbocycles.